The monoisotopic (exact) mass is 310 g/mol. The smallest absolute Gasteiger partial charge is 0.131 e. The highest BCUT2D eigenvalue weighted by Crippen LogP contribution is 2.17. The summed E-state index contributed by atoms with van der Waals surface area (Å²) in [6, 6.07) is 13.7. The van der Waals surface area contributed by atoms with E-state index in [-0.39, 0.29) is 6.61 Å². The molecule has 1 aromatic carbocycles. The maximum Gasteiger partial charge on any atom is 0.131 e. The minimum atomic E-state index is 0.110. The van der Waals surface area contributed by atoms with E-state index >= 15 is 0 Å². The number of hydrogen-bond acceptors (Lipinski definition) is 3. The third kappa shape index (κ3) is 4.76. The fraction of sp³-hybridized carbons (Fsp3) is 0.267. The van der Waals surface area contributed by atoms with E-state index in [1.54, 1.807) is 12.1 Å². The molecule has 106 valence electrons. The fourth-order valence-corrected chi connectivity index (χ4v) is 2.57. The molecule has 1 heterocycles. The quantitative estimate of drug-likeness (QED) is 0.831. The molecular formula is C15H16Cl2N2O. The lowest BCUT2D eigenvalue weighted by atomic mass is 10.2. The lowest BCUT2D eigenvalue weighted by Gasteiger charge is -2.21. The van der Waals surface area contributed by atoms with Crippen LogP contribution in [-0.2, 0) is 13.1 Å². The van der Waals surface area contributed by atoms with Gasteiger partial charge in [-0.2, -0.15) is 0 Å². The standard InChI is InChI=1S/C15H16Cl2N2O/c16-14-8-13(9-15(17)18-14)11-19(6-7-20)10-12-4-2-1-3-5-12/h1-5,8-9,20H,6-7,10-11H2. The number of benzene rings is 1. The van der Waals surface area contributed by atoms with Crippen LogP contribution < -0.4 is 0 Å². The van der Waals surface area contributed by atoms with E-state index < -0.39 is 0 Å². The van der Waals surface area contributed by atoms with Gasteiger partial charge in [0.15, 0.2) is 0 Å². The molecule has 0 saturated heterocycles. The Morgan fingerprint density at radius 3 is 2.15 bits per heavy atom. The third-order valence-corrected chi connectivity index (χ3v) is 3.28. The zero-order valence-electron chi connectivity index (χ0n) is 11.0. The largest absolute Gasteiger partial charge is 0.395 e. The van der Waals surface area contributed by atoms with Crippen molar-refractivity contribution in [2.75, 3.05) is 13.2 Å². The first kappa shape index (κ1) is 15.3. The highest BCUT2D eigenvalue weighted by atomic mass is 35.5. The summed E-state index contributed by atoms with van der Waals surface area (Å²) in [5.41, 5.74) is 2.19. The number of aromatic nitrogens is 1. The summed E-state index contributed by atoms with van der Waals surface area (Å²) in [4.78, 5) is 6.07. The molecule has 0 atom stereocenters. The van der Waals surface area contributed by atoms with Gasteiger partial charge in [0.1, 0.15) is 10.3 Å². The number of aliphatic hydroxyl groups excluding tert-OH is 1. The molecule has 0 aliphatic carbocycles. The molecule has 0 bridgehead atoms. The van der Waals surface area contributed by atoms with Crippen LogP contribution >= 0.6 is 23.2 Å². The van der Waals surface area contributed by atoms with Crippen molar-refractivity contribution in [2.45, 2.75) is 13.1 Å². The van der Waals surface area contributed by atoms with Crippen molar-refractivity contribution >= 4 is 23.2 Å². The molecular weight excluding hydrogens is 295 g/mol. The van der Waals surface area contributed by atoms with E-state index in [2.05, 4.69) is 22.0 Å². The van der Waals surface area contributed by atoms with E-state index in [0.29, 0.717) is 23.4 Å². The Balaban J connectivity index is 2.08. The summed E-state index contributed by atoms with van der Waals surface area (Å²) in [5.74, 6) is 0. The normalized spacial score (nSPS) is 11.0. The third-order valence-electron chi connectivity index (χ3n) is 2.89. The minimum Gasteiger partial charge on any atom is -0.395 e. The fourth-order valence-electron chi connectivity index (χ4n) is 2.06. The van der Waals surface area contributed by atoms with Crippen LogP contribution in [0.25, 0.3) is 0 Å². The molecule has 0 unspecified atom stereocenters. The van der Waals surface area contributed by atoms with Crippen molar-refractivity contribution in [2.24, 2.45) is 0 Å². The summed E-state index contributed by atoms with van der Waals surface area (Å²) < 4.78 is 0. The SMILES string of the molecule is OCCN(Cc1ccccc1)Cc1cc(Cl)nc(Cl)c1. The second-order valence-electron chi connectivity index (χ2n) is 4.54. The Kier molecular flexibility index (Phi) is 5.80. The van der Waals surface area contributed by atoms with Crippen molar-refractivity contribution in [1.29, 1.82) is 0 Å². The molecule has 1 N–H and O–H groups in total. The van der Waals surface area contributed by atoms with E-state index in [0.717, 1.165) is 12.1 Å². The molecule has 0 aliphatic heterocycles. The highest BCUT2D eigenvalue weighted by Gasteiger charge is 2.08. The summed E-state index contributed by atoms with van der Waals surface area (Å²) >= 11 is 11.8. The molecule has 20 heavy (non-hydrogen) atoms. The number of aliphatic hydroxyl groups is 1. The van der Waals surface area contributed by atoms with Crippen LogP contribution in [0, 0.1) is 0 Å². The summed E-state index contributed by atoms with van der Waals surface area (Å²) in [5, 5.41) is 9.97. The molecule has 0 aliphatic rings. The lowest BCUT2D eigenvalue weighted by Crippen LogP contribution is -2.26. The first-order valence-electron chi connectivity index (χ1n) is 6.36. The molecule has 1 aromatic heterocycles. The number of rotatable bonds is 6. The zero-order valence-corrected chi connectivity index (χ0v) is 12.5. The number of nitrogens with zero attached hydrogens (tertiary/aromatic N) is 2. The maximum atomic E-state index is 9.20. The summed E-state index contributed by atoms with van der Waals surface area (Å²) in [7, 11) is 0. The zero-order chi connectivity index (χ0) is 14.4. The highest BCUT2D eigenvalue weighted by molar-refractivity contribution is 6.32. The minimum absolute atomic E-state index is 0.110. The molecule has 3 nitrogen and oxygen atoms in total. The molecule has 5 heteroatoms. The second-order valence-corrected chi connectivity index (χ2v) is 5.32. The van der Waals surface area contributed by atoms with Gasteiger partial charge in [-0.15, -0.1) is 0 Å². The van der Waals surface area contributed by atoms with Crippen molar-refractivity contribution in [3.05, 3.63) is 63.9 Å². The predicted molar refractivity (Wildman–Crippen MR) is 81.9 cm³/mol. The molecule has 0 saturated carbocycles. The Labute approximate surface area is 128 Å². The number of halogens is 2. The van der Waals surface area contributed by atoms with Crippen LogP contribution in [0.3, 0.4) is 0 Å². The van der Waals surface area contributed by atoms with Crippen molar-refractivity contribution < 1.29 is 5.11 Å². The van der Waals surface area contributed by atoms with Gasteiger partial charge in [-0.25, -0.2) is 4.98 Å². The molecule has 0 amide bonds. The van der Waals surface area contributed by atoms with E-state index in [1.165, 1.54) is 5.56 Å². The molecule has 0 fully saturated rings. The molecule has 0 radical (unpaired) electrons. The maximum absolute atomic E-state index is 9.20. The van der Waals surface area contributed by atoms with Gasteiger partial charge in [-0.3, -0.25) is 4.90 Å². The molecule has 2 aromatic rings. The molecule has 0 spiro atoms. The molecule has 2 rings (SSSR count). The predicted octanol–water partition coefficient (Wildman–Crippen LogP) is 3.38. The number of hydrogen-bond donors (Lipinski definition) is 1. The van der Waals surface area contributed by atoms with Crippen LogP contribution in [-0.4, -0.2) is 28.1 Å². The summed E-state index contributed by atoms with van der Waals surface area (Å²) in [6.45, 7) is 2.13. The average Bonchev–Trinajstić information content (AvgIpc) is 2.39. The van der Waals surface area contributed by atoms with Gasteiger partial charge in [0.2, 0.25) is 0 Å². The van der Waals surface area contributed by atoms with Crippen LogP contribution in [0.2, 0.25) is 10.3 Å². The van der Waals surface area contributed by atoms with E-state index in [9.17, 15) is 5.11 Å². The topological polar surface area (TPSA) is 36.4 Å². The van der Waals surface area contributed by atoms with Gasteiger partial charge in [-0.1, -0.05) is 53.5 Å². The van der Waals surface area contributed by atoms with Gasteiger partial charge < -0.3 is 5.11 Å². The Bertz CT molecular complexity index is 529. The average molecular weight is 311 g/mol. The van der Waals surface area contributed by atoms with Crippen LogP contribution in [0.5, 0.6) is 0 Å². The van der Waals surface area contributed by atoms with Crippen molar-refractivity contribution in [1.82, 2.24) is 9.88 Å². The van der Waals surface area contributed by atoms with E-state index in [1.807, 2.05) is 18.2 Å². The first-order valence-corrected chi connectivity index (χ1v) is 7.12. The van der Waals surface area contributed by atoms with Crippen LogP contribution in [0.15, 0.2) is 42.5 Å². The van der Waals surface area contributed by atoms with Crippen molar-refractivity contribution in [3.63, 3.8) is 0 Å². The van der Waals surface area contributed by atoms with Gasteiger partial charge in [0.05, 0.1) is 6.61 Å². The summed E-state index contributed by atoms with van der Waals surface area (Å²) in [6.07, 6.45) is 0. The Morgan fingerprint density at radius 2 is 1.55 bits per heavy atom. The van der Waals surface area contributed by atoms with Crippen LogP contribution in [0.1, 0.15) is 11.1 Å². The van der Waals surface area contributed by atoms with Crippen LogP contribution in [0.4, 0.5) is 0 Å². The number of pyridine rings is 1. The lowest BCUT2D eigenvalue weighted by molar-refractivity contribution is 0.184. The first-order chi connectivity index (χ1) is 9.67. The van der Waals surface area contributed by atoms with Gasteiger partial charge in [0.25, 0.3) is 0 Å². The van der Waals surface area contributed by atoms with Gasteiger partial charge in [-0.05, 0) is 23.3 Å². The second kappa shape index (κ2) is 7.60. The Morgan fingerprint density at radius 1 is 0.950 bits per heavy atom. The van der Waals surface area contributed by atoms with Gasteiger partial charge in [0, 0.05) is 19.6 Å². The Hall–Kier alpha value is -1.13. The van der Waals surface area contributed by atoms with Gasteiger partial charge >= 0.3 is 0 Å². The van der Waals surface area contributed by atoms with E-state index in [4.69, 9.17) is 23.2 Å². The van der Waals surface area contributed by atoms with Crippen molar-refractivity contribution in [3.8, 4) is 0 Å².